The van der Waals surface area contributed by atoms with Gasteiger partial charge in [-0.3, -0.25) is 0 Å². The molecule has 1 aromatic heterocycles. The van der Waals surface area contributed by atoms with Crippen molar-refractivity contribution in [3.05, 3.63) is 17.0 Å². The average molecular weight is 228 g/mol. The van der Waals surface area contributed by atoms with Crippen molar-refractivity contribution in [3.8, 4) is 0 Å². The van der Waals surface area contributed by atoms with Crippen LogP contribution < -0.4 is 4.90 Å². The molecule has 0 amide bonds. The second kappa shape index (κ2) is 5.14. The Balaban J connectivity index is 2.58. The molecule has 1 heterocycles. The van der Waals surface area contributed by atoms with E-state index in [2.05, 4.69) is 9.80 Å². The molecule has 0 radical (unpaired) electrons. The number of likely N-dealkylation sites (N-methyl/N-ethyl adjacent to an activating group) is 2. The van der Waals surface area contributed by atoms with Crippen molar-refractivity contribution in [2.24, 2.45) is 0 Å². The molecule has 0 fully saturated rings. The zero-order valence-corrected chi connectivity index (χ0v) is 10.0. The summed E-state index contributed by atoms with van der Waals surface area (Å²) < 4.78 is 0. The Morgan fingerprint density at radius 2 is 2.00 bits per heavy atom. The highest BCUT2D eigenvalue weighted by molar-refractivity contribution is 7.17. The molecular weight excluding hydrogens is 212 g/mol. The van der Waals surface area contributed by atoms with Crippen LogP contribution in [0.2, 0.25) is 0 Å². The minimum atomic E-state index is -0.854. The van der Waals surface area contributed by atoms with E-state index in [0.717, 1.165) is 18.1 Å². The lowest BCUT2D eigenvalue weighted by molar-refractivity contribution is 0.0702. The number of carboxylic acids is 1. The van der Waals surface area contributed by atoms with Crippen molar-refractivity contribution in [3.63, 3.8) is 0 Å². The number of nitrogens with zero attached hydrogens (tertiary/aromatic N) is 2. The lowest BCUT2D eigenvalue weighted by atomic mass is 10.4. The molecule has 0 spiro atoms. The van der Waals surface area contributed by atoms with Crippen molar-refractivity contribution in [2.75, 3.05) is 39.1 Å². The topological polar surface area (TPSA) is 43.8 Å². The highest BCUT2D eigenvalue weighted by atomic mass is 32.1. The second-order valence-electron chi connectivity index (χ2n) is 3.67. The molecule has 0 saturated carbocycles. The first-order valence-corrected chi connectivity index (χ1v) is 5.51. The lowest BCUT2D eigenvalue weighted by Crippen LogP contribution is -2.27. The molecule has 1 rings (SSSR count). The van der Waals surface area contributed by atoms with Crippen molar-refractivity contribution < 1.29 is 9.90 Å². The molecule has 0 atom stereocenters. The van der Waals surface area contributed by atoms with Crippen molar-refractivity contribution in [1.82, 2.24) is 4.90 Å². The fourth-order valence-electron chi connectivity index (χ4n) is 1.11. The lowest BCUT2D eigenvalue weighted by Gasteiger charge is -2.19. The summed E-state index contributed by atoms with van der Waals surface area (Å²) in [6.07, 6.45) is 0. The van der Waals surface area contributed by atoms with Crippen LogP contribution in [0, 0.1) is 0 Å². The molecule has 0 aliphatic rings. The maximum absolute atomic E-state index is 10.7. The molecule has 4 nitrogen and oxygen atoms in total. The molecule has 5 heteroatoms. The summed E-state index contributed by atoms with van der Waals surface area (Å²) >= 11 is 1.31. The van der Waals surface area contributed by atoms with Gasteiger partial charge in [-0.05, 0) is 26.2 Å². The summed E-state index contributed by atoms with van der Waals surface area (Å²) in [5, 5.41) is 9.78. The maximum atomic E-state index is 10.7. The van der Waals surface area contributed by atoms with Gasteiger partial charge in [-0.15, -0.1) is 11.3 Å². The van der Waals surface area contributed by atoms with Gasteiger partial charge in [-0.2, -0.15) is 0 Å². The summed E-state index contributed by atoms with van der Waals surface area (Å²) in [4.78, 5) is 15.2. The molecule has 0 aromatic carbocycles. The number of hydrogen-bond acceptors (Lipinski definition) is 4. The maximum Gasteiger partial charge on any atom is 0.345 e. The third-order valence-electron chi connectivity index (χ3n) is 2.06. The van der Waals surface area contributed by atoms with Crippen molar-refractivity contribution in [1.29, 1.82) is 0 Å². The van der Waals surface area contributed by atoms with Crippen molar-refractivity contribution in [2.45, 2.75) is 0 Å². The molecular formula is C10H16N2O2S. The Hall–Kier alpha value is -1.07. The van der Waals surface area contributed by atoms with Gasteiger partial charge in [0.1, 0.15) is 4.88 Å². The predicted octanol–water partition coefficient (Wildman–Crippen LogP) is 1.44. The molecule has 0 unspecified atom stereocenters. The number of aromatic carboxylic acids is 1. The largest absolute Gasteiger partial charge is 0.477 e. The van der Waals surface area contributed by atoms with E-state index in [0.29, 0.717) is 4.88 Å². The van der Waals surface area contributed by atoms with Gasteiger partial charge in [-0.25, -0.2) is 4.79 Å². The molecule has 1 N–H and O–H groups in total. The minimum absolute atomic E-state index is 0.390. The molecule has 1 aromatic rings. The first-order valence-electron chi connectivity index (χ1n) is 4.69. The van der Waals surface area contributed by atoms with Gasteiger partial charge in [-0.1, -0.05) is 0 Å². The van der Waals surface area contributed by atoms with Crippen LogP contribution >= 0.6 is 11.3 Å². The summed E-state index contributed by atoms with van der Waals surface area (Å²) in [6, 6.07) is 3.50. The van der Waals surface area contributed by atoms with E-state index in [1.165, 1.54) is 11.3 Å². The first-order chi connectivity index (χ1) is 7.00. The fourth-order valence-corrected chi connectivity index (χ4v) is 1.94. The number of carboxylic acid groups (broad SMARTS) is 1. The molecule has 0 aliphatic heterocycles. The van der Waals surface area contributed by atoms with Crippen LogP contribution in [0.5, 0.6) is 0 Å². The van der Waals surface area contributed by atoms with Crippen LogP contribution in [-0.4, -0.2) is 50.2 Å². The van der Waals surface area contributed by atoms with E-state index in [1.807, 2.05) is 27.2 Å². The van der Waals surface area contributed by atoms with E-state index in [-0.39, 0.29) is 0 Å². The molecule has 0 aliphatic carbocycles. The first kappa shape index (κ1) is 12.0. The van der Waals surface area contributed by atoms with Gasteiger partial charge in [0.25, 0.3) is 0 Å². The van der Waals surface area contributed by atoms with E-state index >= 15 is 0 Å². The Morgan fingerprint density at radius 3 is 2.47 bits per heavy atom. The SMILES string of the molecule is CN(C)CCN(C)c1ccc(C(=O)O)s1. The Labute approximate surface area is 93.7 Å². The Bertz CT molecular complexity index is 336. The van der Waals surface area contributed by atoms with Gasteiger partial charge in [0.15, 0.2) is 0 Å². The zero-order valence-electron chi connectivity index (χ0n) is 9.23. The minimum Gasteiger partial charge on any atom is -0.477 e. The number of hydrogen-bond donors (Lipinski definition) is 1. The van der Waals surface area contributed by atoms with Gasteiger partial charge in [0, 0.05) is 20.1 Å². The number of rotatable bonds is 5. The van der Waals surface area contributed by atoms with E-state index in [4.69, 9.17) is 5.11 Å². The number of anilines is 1. The van der Waals surface area contributed by atoms with Gasteiger partial charge < -0.3 is 14.9 Å². The molecule has 0 saturated heterocycles. The molecule has 84 valence electrons. The van der Waals surface area contributed by atoms with Crippen LogP contribution in [0.15, 0.2) is 12.1 Å². The Morgan fingerprint density at radius 1 is 1.33 bits per heavy atom. The quantitative estimate of drug-likeness (QED) is 0.828. The van der Waals surface area contributed by atoms with E-state index in [1.54, 1.807) is 6.07 Å². The average Bonchev–Trinajstić information content (AvgIpc) is 2.62. The smallest absolute Gasteiger partial charge is 0.345 e. The second-order valence-corrected chi connectivity index (χ2v) is 4.73. The molecule has 0 bridgehead atoms. The van der Waals surface area contributed by atoms with Crippen LogP contribution in [0.4, 0.5) is 5.00 Å². The summed E-state index contributed by atoms with van der Waals surface area (Å²) in [6.45, 7) is 1.85. The third kappa shape index (κ3) is 3.53. The van der Waals surface area contributed by atoms with Crippen molar-refractivity contribution >= 4 is 22.3 Å². The molecule has 15 heavy (non-hydrogen) atoms. The van der Waals surface area contributed by atoms with E-state index in [9.17, 15) is 4.79 Å². The standard InChI is InChI=1S/C10H16N2O2S/c1-11(2)6-7-12(3)9-5-4-8(15-9)10(13)14/h4-5H,6-7H2,1-3H3,(H,13,14). The predicted molar refractivity (Wildman–Crippen MR) is 63.1 cm³/mol. The van der Waals surface area contributed by atoms with Crippen LogP contribution in [0.1, 0.15) is 9.67 Å². The van der Waals surface area contributed by atoms with Crippen LogP contribution in [0.25, 0.3) is 0 Å². The number of thiophene rings is 1. The highest BCUT2D eigenvalue weighted by Gasteiger charge is 2.09. The van der Waals surface area contributed by atoms with Gasteiger partial charge in [0.2, 0.25) is 0 Å². The summed E-state index contributed by atoms with van der Waals surface area (Å²) in [7, 11) is 6.01. The van der Waals surface area contributed by atoms with Gasteiger partial charge >= 0.3 is 5.97 Å². The normalized spacial score (nSPS) is 10.7. The van der Waals surface area contributed by atoms with Crippen LogP contribution in [-0.2, 0) is 0 Å². The third-order valence-corrected chi connectivity index (χ3v) is 3.25. The van der Waals surface area contributed by atoms with Crippen LogP contribution in [0.3, 0.4) is 0 Å². The Kier molecular flexibility index (Phi) is 4.11. The monoisotopic (exact) mass is 228 g/mol. The highest BCUT2D eigenvalue weighted by Crippen LogP contribution is 2.24. The summed E-state index contributed by atoms with van der Waals surface area (Å²) in [5.74, 6) is -0.854. The van der Waals surface area contributed by atoms with E-state index < -0.39 is 5.97 Å². The number of carbonyl (C=O) groups is 1. The summed E-state index contributed by atoms with van der Waals surface area (Å²) in [5.41, 5.74) is 0. The zero-order chi connectivity index (χ0) is 11.4. The van der Waals surface area contributed by atoms with Gasteiger partial charge in [0.05, 0.1) is 5.00 Å². The fraction of sp³-hybridized carbons (Fsp3) is 0.500.